The molecule has 0 radical (unpaired) electrons. The third-order valence-corrected chi connectivity index (χ3v) is 4.74. The van der Waals surface area contributed by atoms with Gasteiger partial charge in [0.25, 0.3) is 5.56 Å². The van der Waals surface area contributed by atoms with Crippen LogP contribution in [0.15, 0.2) is 15.5 Å². The van der Waals surface area contributed by atoms with Gasteiger partial charge in [-0.3, -0.25) is 14.0 Å². The first kappa shape index (κ1) is 14.7. The zero-order valence-corrected chi connectivity index (χ0v) is 14.7. The fraction of sp³-hybridized carbons (Fsp3) is 0.417. The first-order valence-corrected chi connectivity index (χ1v) is 7.76. The second-order valence-corrected chi connectivity index (χ2v) is 6.16. The van der Waals surface area contributed by atoms with Gasteiger partial charge in [0.15, 0.2) is 0 Å². The summed E-state index contributed by atoms with van der Waals surface area (Å²) < 4.78 is 5.17. The van der Waals surface area contributed by atoms with Crippen LogP contribution in [0.3, 0.4) is 0 Å². The van der Waals surface area contributed by atoms with Crippen molar-refractivity contribution >= 4 is 38.5 Å². The van der Waals surface area contributed by atoms with Crippen molar-refractivity contribution in [2.75, 3.05) is 0 Å². The molecule has 5 nitrogen and oxygen atoms in total. The third-order valence-electron chi connectivity index (χ3n) is 2.97. The van der Waals surface area contributed by atoms with E-state index < -0.39 is 0 Å². The van der Waals surface area contributed by atoms with Crippen molar-refractivity contribution in [2.24, 2.45) is 0 Å². The van der Waals surface area contributed by atoms with Gasteiger partial charge < -0.3 is 0 Å². The van der Waals surface area contributed by atoms with Crippen LogP contribution in [0.4, 0.5) is 0 Å². The Bertz CT molecular complexity index is 677. The third kappa shape index (κ3) is 2.76. The minimum absolute atomic E-state index is 0.0125. The van der Waals surface area contributed by atoms with Crippen molar-refractivity contribution in [2.45, 2.75) is 33.9 Å². The minimum Gasteiger partial charge on any atom is -0.290 e. The van der Waals surface area contributed by atoms with Gasteiger partial charge >= 0.3 is 0 Å². The van der Waals surface area contributed by atoms with E-state index in [1.54, 1.807) is 10.8 Å². The van der Waals surface area contributed by atoms with E-state index >= 15 is 0 Å². The average Bonchev–Trinajstić information content (AvgIpc) is 2.66. The number of hydrogen-bond acceptors (Lipinski definition) is 3. The summed E-state index contributed by atoms with van der Waals surface area (Å²) >= 11 is 5.56. The first-order valence-electron chi connectivity index (χ1n) is 5.89. The molecular formula is C12H14BrIN4O. The molecule has 0 unspecified atom stereocenters. The summed E-state index contributed by atoms with van der Waals surface area (Å²) in [6, 6.07) is 0. The number of aryl methyl sites for hydroxylation is 3. The predicted octanol–water partition coefficient (Wildman–Crippen LogP) is 2.49. The molecule has 2 heterocycles. The Labute approximate surface area is 133 Å². The highest BCUT2D eigenvalue weighted by atomic mass is 127. The Morgan fingerprint density at radius 3 is 2.74 bits per heavy atom. The number of halogens is 2. The second-order valence-electron chi connectivity index (χ2n) is 4.21. The Morgan fingerprint density at radius 1 is 1.42 bits per heavy atom. The standard InChI is InChI=1S/C12H14BrIN4O/c1-4-18-10(11(13)7(2)16-18)6-17-8(3)15-5-9(14)12(17)19/h5H,4,6H2,1-3H3. The lowest BCUT2D eigenvalue weighted by Gasteiger charge is -2.11. The van der Waals surface area contributed by atoms with E-state index in [1.807, 2.05) is 48.0 Å². The molecule has 0 aliphatic rings. The van der Waals surface area contributed by atoms with Crippen molar-refractivity contribution in [3.8, 4) is 0 Å². The molecule has 0 atom stereocenters. The van der Waals surface area contributed by atoms with Gasteiger partial charge in [0.1, 0.15) is 5.82 Å². The highest BCUT2D eigenvalue weighted by molar-refractivity contribution is 14.1. The van der Waals surface area contributed by atoms with Crippen LogP contribution in [0.1, 0.15) is 24.1 Å². The zero-order chi connectivity index (χ0) is 14.2. The van der Waals surface area contributed by atoms with Crippen LogP contribution in [0.25, 0.3) is 0 Å². The molecule has 0 bridgehead atoms. The summed E-state index contributed by atoms with van der Waals surface area (Å²) in [4.78, 5) is 16.4. The van der Waals surface area contributed by atoms with E-state index in [0.717, 1.165) is 22.4 Å². The van der Waals surface area contributed by atoms with Crippen LogP contribution in [0, 0.1) is 17.4 Å². The van der Waals surface area contributed by atoms with Crippen molar-refractivity contribution in [1.82, 2.24) is 19.3 Å². The zero-order valence-electron chi connectivity index (χ0n) is 10.9. The molecule has 2 aromatic rings. The van der Waals surface area contributed by atoms with Crippen molar-refractivity contribution in [1.29, 1.82) is 0 Å². The Kier molecular flexibility index (Phi) is 4.44. The Balaban J connectivity index is 2.53. The summed E-state index contributed by atoms with van der Waals surface area (Å²) in [5.74, 6) is 0.707. The van der Waals surface area contributed by atoms with Gasteiger partial charge in [-0.05, 0) is 59.3 Å². The summed E-state index contributed by atoms with van der Waals surface area (Å²) in [7, 11) is 0. The minimum atomic E-state index is -0.0125. The van der Waals surface area contributed by atoms with E-state index in [4.69, 9.17) is 0 Å². The summed E-state index contributed by atoms with van der Waals surface area (Å²) in [5, 5.41) is 4.44. The molecule has 0 saturated heterocycles. The molecule has 7 heteroatoms. The first-order chi connectivity index (χ1) is 8.95. The van der Waals surface area contributed by atoms with Gasteiger partial charge in [-0.2, -0.15) is 5.10 Å². The smallest absolute Gasteiger partial charge is 0.267 e. The molecule has 0 N–H and O–H groups in total. The molecule has 0 aliphatic heterocycles. The number of rotatable bonds is 3. The lowest BCUT2D eigenvalue weighted by Crippen LogP contribution is -2.27. The topological polar surface area (TPSA) is 52.7 Å². The molecule has 0 aromatic carbocycles. The summed E-state index contributed by atoms with van der Waals surface area (Å²) in [6.45, 7) is 7.06. The van der Waals surface area contributed by atoms with Gasteiger partial charge in [0.2, 0.25) is 0 Å². The van der Waals surface area contributed by atoms with Crippen LogP contribution in [-0.4, -0.2) is 19.3 Å². The molecule has 0 aliphatic carbocycles. The Morgan fingerprint density at radius 2 is 2.11 bits per heavy atom. The van der Waals surface area contributed by atoms with Gasteiger partial charge in [-0.1, -0.05) is 0 Å². The maximum Gasteiger partial charge on any atom is 0.267 e. The van der Waals surface area contributed by atoms with Crippen LogP contribution in [-0.2, 0) is 13.1 Å². The highest BCUT2D eigenvalue weighted by Crippen LogP contribution is 2.21. The van der Waals surface area contributed by atoms with Gasteiger partial charge in [-0.15, -0.1) is 0 Å². The van der Waals surface area contributed by atoms with Gasteiger partial charge in [0, 0.05) is 12.7 Å². The van der Waals surface area contributed by atoms with Crippen molar-refractivity contribution in [3.63, 3.8) is 0 Å². The molecule has 2 rings (SSSR count). The fourth-order valence-corrected chi connectivity index (χ4v) is 2.75. The summed E-state index contributed by atoms with van der Waals surface area (Å²) in [6.07, 6.45) is 1.60. The van der Waals surface area contributed by atoms with E-state index in [-0.39, 0.29) is 5.56 Å². The van der Waals surface area contributed by atoms with E-state index in [2.05, 4.69) is 26.0 Å². The highest BCUT2D eigenvalue weighted by Gasteiger charge is 2.15. The molecular weight excluding hydrogens is 423 g/mol. The van der Waals surface area contributed by atoms with Crippen molar-refractivity contribution in [3.05, 3.63) is 41.8 Å². The number of hydrogen-bond donors (Lipinski definition) is 0. The number of nitrogens with zero attached hydrogens (tertiary/aromatic N) is 4. The van der Waals surface area contributed by atoms with Crippen LogP contribution < -0.4 is 5.56 Å². The van der Waals surface area contributed by atoms with Crippen LogP contribution in [0.2, 0.25) is 0 Å². The lowest BCUT2D eigenvalue weighted by molar-refractivity contribution is 0.579. The Hall–Kier alpha value is -0.700. The molecule has 0 fully saturated rings. The normalized spacial score (nSPS) is 11.0. The van der Waals surface area contributed by atoms with E-state index in [1.165, 1.54) is 0 Å². The fourth-order valence-electron chi connectivity index (χ4n) is 1.91. The van der Waals surface area contributed by atoms with Gasteiger partial charge in [0.05, 0.1) is 26.0 Å². The molecule has 102 valence electrons. The van der Waals surface area contributed by atoms with E-state index in [0.29, 0.717) is 15.9 Å². The van der Waals surface area contributed by atoms with E-state index in [9.17, 15) is 4.79 Å². The van der Waals surface area contributed by atoms with Crippen LogP contribution in [0.5, 0.6) is 0 Å². The molecule has 19 heavy (non-hydrogen) atoms. The number of aromatic nitrogens is 4. The second kappa shape index (κ2) is 5.74. The van der Waals surface area contributed by atoms with Gasteiger partial charge in [-0.25, -0.2) is 4.98 Å². The molecule has 2 aromatic heterocycles. The maximum absolute atomic E-state index is 12.2. The average molecular weight is 437 g/mol. The lowest BCUT2D eigenvalue weighted by atomic mass is 10.3. The summed E-state index contributed by atoms with van der Waals surface area (Å²) in [5.41, 5.74) is 1.91. The molecule has 0 amide bonds. The monoisotopic (exact) mass is 436 g/mol. The van der Waals surface area contributed by atoms with Crippen LogP contribution >= 0.6 is 38.5 Å². The SMILES string of the molecule is CCn1nc(C)c(Br)c1Cn1c(C)ncc(I)c1=O. The van der Waals surface area contributed by atoms with Crippen molar-refractivity contribution < 1.29 is 0 Å². The largest absolute Gasteiger partial charge is 0.290 e. The maximum atomic E-state index is 12.2. The molecule has 0 spiro atoms. The molecule has 0 saturated carbocycles. The quantitative estimate of drug-likeness (QED) is 0.694. The predicted molar refractivity (Wildman–Crippen MR) is 85.4 cm³/mol.